The van der Waals surface area contributed by atoms with Crippen LogP contribution in [0.1, 0.15) is 20.3 Å². The number of aromatic nitrogens is 1. The van der Waals surface area contributed by atoms with Crippen LogP contribution in [0.2, 0.25) is 0 Å². The van der Waals surface area contributed by atoms with Crippen LogP contribution in [0.15, 0.2) is 41.4 Å². The molecule has 1 heterocycles. The van der Waals surface area contributed by atoms with Crippen molar-refractivity contribution in [2.45, 2.75) is 20.3 Å². The van der Waals surface area contributed by atoms with E-state index >= 15 is 0 Å². The lowest BCUT2D eigenvalue weighted by Crippen LogP contribution is -2.39. The topological polar surface area (TPSA) is 61.3 Å². The summed E-state index contributed by atoms with van der Waals surface area (Å²) in [5.74, 6) is 1.77. The molecule has 22 heavy (non-hydrogen) atoms. The van der Waals surface area contributed by atoms with E-state index < -0.39 is 0 Å². The number of rotatable bonds is 7. The molecule has 5 nitrogen and oxygen atoms in total. The molecule has 0 saturated carbocycles. The molecular formula is C17H25N5. The van der Waals surface area contributed by atoms with E-state index in [-0.39, 0.29) is 0 Å². The van der Waals surface area contributed by atoms with E-state index in [4.69, 9.17) is 0 Å². The van der Waals surface area contributed by atoms with E-state index in [1.54, 1.807) is 0 Å². The van der Waals surface area contributed by atoms with Gasteiger partial charge in [-0.05, 0) is 31.5 Å². The van der Waals surface area contributed by atoms with Crippen LogP contribution >= 0.6 is 0 Å². The van der Waals surface area contributed by atoms with Gasteiger partial charge >= 0.3 is 0 Å². The van der Waals surface area contributed by atoms with Crippen LogP contribution in [-0.4, -0.2) is 37.1 Å². The second-order valence-electron chi connectivity index (χ2n) is 5.00. The number of hydrogen-bond acceptors (Lipinski definition) is 3. The van der Waals surface area contributed by atoms with Crippen LogP contribution in [0.25, 0.3) is 10.9 Å². The first-order valence-corrected chi connectivity index (χ1v) is 7.95. The molecule has 0 aliphatic heterocycles. The number of guanidine groups is 1. The quantitative estimate of drug-likeness (QED) is 0.418. The molecule has 0 aliphatic carbocycles. The fourth-order valence-corrected chi connectivity index (χ4v) is 2.10. The van der Waals surface area contributed by atoms with Crippen molar-refractivity contribution in [3.05, 3.63) is 36.4 Å². The summed E-state index contributed by atoms with van der Waals surface area (Å²) in [6.07, 6.45) is 1.05. The van der Waals surface area contributed by atoms with Gasteiger partial charge < -0.3 is 16.0 Å². The number of fused-ring (bicyclic) bond motifs is 1. The molecule has 0 bridgehead atoms. The van der Waals surface area contributed by atoms with Crippen LogP contribution in [-0.2, 0) is 0 Å². The van der Waals surface area contributed by atoms with E-state index in [9.17, 15) is 0 Å². The average Bonchev–Trinajstić information content (AvgIpc) is 2.56. The molecule has 0 aliphatic rings. The van der Waals surface area contributed by atoms with Gasteiger partial charge in [-0.15, -0.1) is 0 Å². The zero-order valence-electron chi connectivity index (χ0n) is 13.4. The molecule has 118 valence electrons. The van der Waals surface area contributed by atoms with Gasteiger partial charge in [-0.3, -0.25) is 4.99 Å². The van der Waals surface area contributed by atoms with Crippen LogP contribution in [0.3, 0.4) is 0 Å². The van der Waals surface area contributed by atoms with Crippen molar-refractivity contribution >= 4 is 22.7 Å². The van der Waals surface area contributed by atoms with Gasteiger partial charge in [0.25, 0.3) is 0 Å². The normalized spacial score (nSPS) is 11.5. The number of hydrogen-bond donors (Lipinski definition) is 3. The first-order chi connectivity index (χ1) is 10.8. The fourth-order valence-electron chi connectivity index (χ4n) is 2.10. The zero-order chi connectivity index (χ0) is 15.6. The van der Waals surface area contributed by atoms with Crippen molar-refractivity contribution in [1.82, 2.24) is 15.6 Å². The molecule has 3 N–H and O–H groups in total. The Morgan fingerprint density at radius 3 is 2.73 bits per heavy atom. The summed E-state index contributed by atoms with van der Waals surface area (Å²) in [5, 5.41) is 11.0. The van der Waals surface area contributed by atoms with Gasteiger partial charge in [0.1, 0.15) is 5.82 Å². The lowest BCUT2D eigenvalue weighted by atomic mass is 10.2. The van der Waals surface area contributed by atoms with E-state index in [2.05, 4.69) is 51.9 Å². The number of anilines is 1. The Morgan fingerprint density at radius 2 is 1.91 bits per heavy atom. The van der Waals surface area contributed by atoms with Crippen molar-refractivity contribution in [1.29, 1.82) is 0 Å². The Hall–Kier alpha value is -2.30. The summed E-state index contributed by atoms with van der Waals surface area (Å²) in [6.45, 7) is 7.50. The largest absolute Gasteiger partial charge is 0.368 e. The standard InChI is InChI=1S/C17H25N5/c1-3-11-20-17(18-4-2)21-13-12-19-16-10-9-14-7-5-6-8-15(14)22-16/h5-10H,3-4,11-13H2,1-2H3,(H,19,22)(H2,18,20,21). The smallest absolute Gasteiger partial charge is 0.191 e. The first-order valence-electron chi connectivity index (χ1n) is 7.95. The first kappa shape index (κ1) is 16.1. The van der Waals surface area contributed by atoms with Crippen LogP contribution in [0, 0.1) is 0 Å². The number of para-hydroxylation sites is 1. The van der Waals surface area contributed by atoms with Crippen molar-refractivity contribution in [3.8, 4) is 0 Å². The van der Waals surface area contributed by atoms with Crippen LogP contribution < -0.4 is 16.0 Å². The van der Waals surface area contributed by atoms with E-state index in [0.29, 0.717) is 0 Å². The fraction of sp³-hybridized carbons (Fsp3) is 0.412. The van der Waals surface area contributed by atoms with Crippen LogP contribution in [0.4, 0.5) is 5.82 Å². The second kappa shape index (κ2) is 8.87. The van der Waals surface area contributed by atoms with Gasteiger partial charge in [0.2, 0.25) is 0 Å². The van der Waals surface area contributed by atoms with E-state index in [1.807, 2.05) is 24.3 Å². The van der Waals surface area contributed by atoms with Gasteiger partial charge in [-0.1, -0.05) is 25.1 Å². The molecule has 0 unspecified atom stereocenters. The third-order valence-electron chi connectivity index (χ3n) is 3.16. The summed E-state index contributed by atoms with van der Waals surface area (Å²) in [5.41, 5.74) is 1.01. The summed E-state index contributed by atoms with van der Waals surface area (Å²) >= 11 is 0. The predicted octanol–water partition coefficient (Wildman–Crippen LogP) is 2.61. The third kappa shape index (κ3) is 4.91. The minimum Gasteiger partial charge on any atom is -0.368 e. The van der Waals surface area contributed by atoms with Crippen molar-refractivity contribution in [3.63, 3.8) is 0 Å². The molecule has 2 rings (SSSR count). The molecule has 1 aromatic heterocycles. The Bertz CT molecular complexity index is 609. The molecule has 2 aromatic rings. The van der Waals surface area contributed by atoms with Crippen LogP contribution in [0.5, 0.6) is 0 Å². The SMILES string of the molecule is CCCN=C(NCC)NCCNc1ccc2ccccc2n1. The molecule has 5 heteroatoms. The number of nitrogens with zero attached hydrogens (tertiary/aromatic N) is 2. The number of nitrogens with one attached hydrogen (secondary N) is 3. The van der Waals surface area contributed by atoms with Gasteiger partial charge in [-0.2, -0.15) is 0 Å². The van der Waals surface area contributed by atoms with Crippen molar-refractivity contribution < 1.29 is 0 Å². The summed E-state index contributed by atoms with van der Waals surface area (Å²) < 4.78 is 0. The Balaban J connectivity index is 1.81. The van der Waals surface area contributed by atoms with Crippen molar-refractivity contribution in [2.75, 3.05) is 31.5 Å². The third-order valence-corrected chi connectivity index (χ3v) is 3.16. The molecule has 0 saturated heterocycles. The highest BCUT2D eigenvalue weighted by molar-refractivity contribution is 5.80. The second-order valence-corrected chi connectivity index (χ2v) is 5.00. The summed E-state index contributed by atoms with van der Waals surface area (Å²) in [7, 11) is 0. The van der Waals surface area contributed by atoms with Gasteiger partial charge in [0.15, 0.2) is 5.96 Å². The monoisotopic (exact) mass is 299 g/mol. The molecular weight excluding hydrogens is 274 g/mol. The lowest BCUT2D eigenvalue weighted by Gasteiger charge is -2.12. The molecule has 0 fully saturated rings. The summed E-state index contributed by atoms with van der Waals surface area (Å²) in [4.78, 5) is 9.06. The zero-order valence-corrected chi connectivity index (χ0v) is 13.4. The molecule has 0 atom stereocenters. The highest BCUT2D eigenvalue weighted by Gasteiger charge is 1.98. The number of pyridine rings is 1. The molecule has 0 radical (unpaired) electrons. The molecule has 0 spiro atoms. The van der Waals surface area contributed by atoms with Gasteiger partial charge in [-0.25, -0.2) is 4.98 Å². The lowest BCUT2D eigenvalue weighted by molar-refractivity contribution is 0.810. The summed E-state index contributed by atoms with van der Waals surface area (Å²) in [6, 6.07) is 12.2. The molecule has 1 aromatic carbocycles. The highest BCUT2D eigenvalue weighted by Crippen LogP contribution is 2.13. The Morgan fingerprint density at radius 1 is 1.05 bits per heavy atom. The highest BCUT2D eigenvalue weighted by atomic mass is 15.2. The van der Waals surface area contributed by atoms with Crippen molar-refractivity contribution in [2.24, 2.45) is 4.99 Å². The minimum atomic E-state index is 0.794. The van der Waals surface area contributed by atoms with E-state index in [0.717, 1.165) is 55.3 Å². The average molecular weight is 299 g/mol. The predicted molar refractivity (Wildman–Crippen MR) is 94.5 cm³/mol. The molecule has 0 amide bonds. The Labute approximate surface area is 132 Å². The maximum Gasteiger partial charge on any atom is 0.191 e. The number of aliphatic imine (C=N–C) groups is 1. The maximum absolute atomic E-state index is 4.59. The number of benzene rings is 1. The Kier molecular flexibility index (Phi) is 6.48. The maximum atomic E-state index is 4.59. The van der Waals surface area contributed by atoms with Gasteiger partial charge in [0.05, 0.1) is 5.52 Å². The van der Waals surface area contributed by atoms with E-state index in [1.165, 1.54) is 0 Å². The van der Waals surface area contributed by atoms with Gasteiger partial charge in [0, 0.05) is 31.6 Å². The minimum absolute atomic E-state index is 0.794.